The number of rotatable bonds is 5. The largest absolute Gasteiger partial charge is 0.352 e. The molecule has 3 rings (SSSR count). The molecule has 5 nitrogen and oxygen atoms in total. The second-order valence-electron chi connectivity index (χ2n) is 6.69. The summed E-state index contributed by atoms with van der Waals surface area (Å²) in [6, 6.07) is 18.4. The van der Waals surface area contributed by atoms with E-state index in [0.29, 0.717) is 19.5 Å². The van der Waals surface area contributed by atoms with Crippen LogP contribution in [0.5, 0.6) is 0 Å². The lowest BCUT2D eigenvalue weighted by molar-refractivity contribution is -0.117. The molecule has 0 aliphatic carbocycles. The minimum atomic E-state index is 0.221. The monoisotopic (exact) mass is 350 g/mol. The van der Waals surface area contributed by atoms with Gasteiger partial charge in [0.05, 0.1) is 6.54 Å². The van der Waals surface area contributed by atoms with Crippen molar-refractivity contribution in [2.45, 2.75) is 25.9 Å². The lowest BCUT2D eigenvalue weighted by Gasteiger charge is -2.19. The lowest BCUT2D eigenvalue weighted by Crippen LogP contribution is -2.36. The summed E-state index contributed by atoms with van der Waals surface area (Å²) in [5, 5.41) is 3.40. The van der Waals surface area contributed by atoms with Crippen molar-refractivity contribution in [2.24, 2.45) is 4.99 Å². The number of guanidine groups is 1. The normalized spacial score (nSPS) is 14.6. The van der Waals surface area contributed by atoms with Crippen LogP contribution in [0, 0.1) is 0 Å². The van der Waals surface area contributed by atoms with Crippen LogP contribution < -0.4 is 10.2 Å². The van der Waals surface area contributed by atoms with Crippen molar-refractivity contribution in [2.75, 3.05) is 25.5 Å². The summed E-state index contributed by atoms with van der Waals surface area (Å²) in [5.41, 5.74) is 3.34. The summed E-state index contributed by atoms with van der Waals surface area (Å²) in [5.74, 6) is 1.08. The molecule has 1 N–H and O–H groups in total. The van der Waals surface area contributed by atoms with Gasteiger partial charge >= 0.3 is 0 Å². The van der Waals surface area contributed by atoms with Crippen molar-refractivity contribution in [3.05, 3.63) is 65.7 Å². The minimum absolute atomic E-state index is 0.221. The molecule has 0 aromatic heterocycles. The SMILES string of the molecule is CN(C)C(=NCc1ccccc1)NCc1ccc(N2CCCC2=O)cc1. The van der Waals surface area contributed by atoms with E-state index in [4.69, 9.17) is 0 Å². The molecule has 1 heterocycles. The number of hydrogen-bond donors (Lipinski definition) is 1. The second-order valence-corrected chi connectivity index (χ2v) is 6.69. The molecule has 1 fully saturated rings. The molecular weight excluding hydrogens is 324 g/mol. The van der Waals surface area contributed by atoms with Crippen LogP contribution in [0.25, 0.3) is 0 Å². The predicted octanol–water partition coefficient (Wildman–Crippen LogP) is 3.02. The molecule has 26 heavy (non-hydrogen) atoms. The number of carbonyl (C=O) groups is 1. The fraction of sp³-hybridized carbons (Fsp3) is 0.333. The fourth-order valence-corrected chi connectivity index (χ4v) is 3.00. The van der Waals surface area contributed by atoms with Crippen molar-refractivity contribution in [1.29, 1.82) is 0 Å². The van der Waals surface area contributed by atoms with Gasteiger partial charge in [-0.25, -0.2) is 4.99 Å². The van der Waals surface area contributed by atoms with Gasteiger partial charge in [0.1, 0.15) is 0 Å². The van der Waals surface area contributed by atoms with E-state index in [1.54, 1.807) is 0 Å². The topological polar surface area (TPSA) is 47.9 Å². The minimum Gasteiger partial charge on any atom is -0.352 e. The molecule has 5 heteroatoms. The van der Waals surface area contributed by atoms with E-state index in [-0.39, 0.29) is 5.91 Å². The Bertz CT molecular complexity index is 753. The van der Waals surface area contributed by atoms with E-state index in [2.05, 4.69) is 34.6 Å². The second kappa shape index (κ2) is 8.52. The van der Waals surface area contributed by atoms with Crippen LogP contribution >= 0.6 is 0 Å². The number of nitrogens with zero attached hydrogens (tertiary/aromatic N) is 3. The first-order valence-electron chi connectivity index (χ1n) is 9.02. The first-order chi connectivity index (χ1) is 12.6. The van der Waals surface area contributed by atoms with Crippen molar-refractivity contribution in [1.82, 2.24) is 10.2 Å². The Hall–Kier alpha value is -2.82. The quantitative estimate of drug-likeness (QED) is 0.666. The fourth-order valence-electron chi connectivity index (χ4n) is 3.00. The van der Waals surface area contributed by atoms with Gasteiger partial charge < -0.3 is 15.1 Å². The average Bonchev–Trinajstić information content (AvgIpc) is 3.09. The lowest BCUT2D eigenvalue weighted by atomic mass is 10.2. The van der Waals surface area contributed by atoms with E-state index in [0.717, 1.165) is 30.2 Å². The zero-order chi connectivity index (χ0) is 18.4. The predicted molar refractivity (Wildman–Crippen MR) is 106 cm³/mol. The summed E-state index contributed by atoms with van der Waals surface area (Å²) in [6.45, 7) is 2.17. The smallest absolute Gasteiger partial charge is 0.227 e. The molecule has 1 aliphatic rings. The van der Waals surface area contributed by atoms with E-state index in [1.807, 2.05) is 54.2 Å². The standard InChI is InChI=1S/C21H26N4O/c1-24(2)21(22-15-17-7-4-3-5-8-17)23-16-18-10-12-19(13-11-18)25-14-6-9-20(25)26/h3-5,7-8,10-13H,6,9,14-16H2,1-2H3,(H,22,23). The maximum absolute atomic E-state index is 11.8. The van der Waals surface area contributed by atoms with E-state index in [9.17, 15) is 4.79 Å². The Morgan fingerprint density at radius 2 is 1.81 bits per heavy atom. The Kier molecular flexibility index (Phi) is 5.89. The first kappa shape index (κ1) is 18.0. The van der Waals surface area contributed by atoms with Gasteiger partial charge in [-0.2, -0.15) is 0 Å². The van der Waals surface area contributed by atoms with Gasteiger partial charge in [0.15, 0.2) is 5.96 Å². The van der Waals surface area contributed by atoms with Crippen molar-refractivity contribution < 1.29 is 4.79 Å². The Labute approximate surface area is 155 Å². The third kappa shape index (κ3) is 4.63. The summed E-state index contributed by atoms with van der Waals surface area (Å²) in [6.07, 6.45) is 1.61. The van der Waals surface area contributed by atoms with Gasteiger partial charge in [0.25, 0.3) is 0 Å². The molecule has 0 spiro atoms. The summed E-state index contributed by atoms with van der Waals surface area (Å²) in [4.78, 5) is 20.4. The van der Waals surface area contributed by atoms with Crippen LogP contribution in [0.3, 0.4) is 0 Å². The maximum atomic E-state index is 11.8. The van der Waals surface area contributed by atoms with E-state index >= 15 is 0 Å². The highest BCUT2D eigenvalue weighted by atomic mass is 16.2. The molecule has 1 aliphatic heterocycles. The van der Waals surface area contributed by atoms with Crippen molar-refractivity contribution in [3.63, 3.8) is 0 Å². The van der Waals surface area contributed by atoms with Gasteiger partial charge in [-0.3, -0.25) is 4.79 Å². The van der Waals surface area contributed by atoms with Gasteiger partial charge in [0, 0.05) is 39.3 Å². The molecule has 2 aromatic rings. The first-order valence-corrected chi connectivity index (χ1v) is 9.02. The molecule has 0 unspecified atom stereocenters. The van der Waals surface area contributed by atoms with Crippen molar-refractivity contribution >= 4 is 17.6 Å². The zero-order valence-electron chi connectivity index (χ0n) is 15.5. The van der Waals surface area contributed by atoms with Crippen LogP contribution in [0.15, 0.2) is 59.6 Å². The molecule has 136 valence electrons. The van der Waals surface area contributed by atoms with Crippen LogP contribution in [0.4, 0.5) is 5.69 Å². The zero-order valence-corrected chi connectivity index (χ0v) is 15.5. The van der Waals surface area contributed by atoms with Crippen molar-refractivity contribution in [3.8, 4) is 0 Å². The maximum Gasteiger partial charge on any atom is 0.227 e. The number of benzene rings is 2. The Morgan fingerprint density at radius 1 is 1.08 bits per heavy atom. The summed E-state index contributed by atoms with van der Waals surface area (Å²) < 4.78 is 0. The highest BCUT2D eigenvalue weighted by Crippen LogP contribution is 2.21. The number of anilines is 1. The highest BCUT2D eigenvalue weighted by Gasteiger charge is 2.21. The van der Waals surface area contributed by atoms with Gasteiger partial charge in [-0.15, -0.1) is 0 Å². The average molecular weight is 350 g/mol. The molecule has 0 bridgehead atoms. The number of aliphatic imine (C=N–C) groups is 1. The number of nitrogens with one attached hydrogen (secondary N) is 1. The molecule has 0 radical (unpaired) electrons. The van der Waals surface area contributed by atoms with E-state index in [1.165, 1.54) is 5.56 Å². The van der Waals surface area contributed by atoms with Gasteiger partial charge in [0.2, 0.25) is 5.91 Å². The summed E-state index contributed by atoms with van der Waals surface area (Å²) >= 11 is 0. The number of carbonyl (C=O) groups excluding carboxylic acids is 1. The number of amides is 1. The van der Waals surface area contributed by atoms with E-state index < -0.39 is 0 Å². The van der Waals surface area contributed by atoms with Crippen LogP contribution in [-0.2, 0) is 17.9 Å². The van der Waals surface area contributed by atoms with Crippen LogP contribution in [0.1, 0.15) is 24.0 Å². The number of hydrogen-bond acceptors (Lipinski definition) is 2. The molecular formula is C21H26N4O. The molecule has 1 saturated heterocycles. The molecule has 0 saturated carbocycles. The Balaban J connectivity index is 1.59. The third-order valence-corrected chi connectivity index (χ3v) is 4.45. The Morgan fingerprint density at radius 3 is 2.42 bits per heavy atom. The third-order valence-electron chi connectivity index (χ3n) is 4.45. The molecule has 2 aromatic carbocycles. The summed E-state index contributed by atoms with van der Waals surface area (Å²) in [7, 11) is 3.97. The van der Waals surface area contributed by atoms with Gasteiger partial charge in [-0.1, -0.05) is 42.5 Å². The van der Waals surface area contributed by atoms with Crippen LogP contribution in [0.2, 0.25) is 0 Å². The van der Waals surface area contributed by atoms with Gasteiger partial charge in [-0.05, 0) is 29.7 Å². The molecule has 1 amide bonds. The highest BCUT2D eigenvalue weighted by molar-refractivity contribution is 5.95. The molecule has 0 atom stereocenters. The van der Waals surface area contributed by atoms with Crippen LogP contribution in [-0.4, -0.2) is 37.4 Å².